The summed E-state index contributed by atoms with van der Waals surface area (Å²) in [5.41, 5.74) is 2.19. The van der Waals surface area contributed by atoms with Crippen molar-refractivity contribution >= 4 is 61.2 Å². The maximum Gasteiger partial charge on any atom is 0.410 e. The van der Waals surface area contributed by atoms with E-state index in [0.717, 1.165) is 50.5 Å². The molecule has 1 amide bonds. The van der Waals surface area contributed by atoms with E-state index >= 15 is 0 Å². The smallest absolute Gasteiger partial charge is 0.410 e. The Morgan fingerprint density at radius 2 is 1.85 bits per heavy atom. The Balaban J connectivity index is 1.28. The van der Waals surface area contributed by atoms with E-state index in [1.54, 1.807) is 0 Å². The number of nitrogens with zero attached hydrogens (tertiary/aromatic N) is 6. The molecular formula is C29H32BrClN6O3. The number of piperazine rings is 1. The van der Waals surface area contributed by atoms with Gasteiger partial charge in [-0.15, -0.1) is 0 Å². The van der Waals surface area contributed by atoms with Crippen LogP contribution in [0.3, 0.4) is 0 Å². The normalized spacial score (nSPS) is 19.1. The molecule has 4 heterocycles. The van der Waals surface area contributed by atoms with Crippen LogP contribution in [0.25, 0.3) is 21.8 Å². The zero-order chi connectivity index (χ0) is 28.0. The molecule has 2 aliphatic heterocycles. The second-order valence-electron chi connectivity index (χ2n) is 11.4. The van der Waals surface area contributed by atoms with E-state index in [-0.39, 0.29) is 23.5 Å². The highest BCUT2D eigenvalue weighted by Crippen LogP contribution is 2.39. The van der Waals surface area contributed by atoms with E-state index < -0.39 is 5.60 Å². The Bertz CT molecular complexity index is 1540. The molecule has 210 valence electrons. The third-order valence-corrected chi connectivity index (χ3v) is 8.15. The van der Waals surface area contributed by atoms with Gasteiger partial charge in [0.2, 0.25) is 5.28 Å². The van der Waals surface area contributed by atoms with Crippen molar-refractivity contribution in [2.45, 2.75) is 64.4 Å². The Hall–Kier alpha value is -2.95. The molecule has 2 aromatic heterocycles. The molecule has 0 radical (unpaired) electrons. The molecule has 11 heteroatoms. The molecule has 9 nitrogen and oxygen atoms in total. The third-order valence-electron chi connectivity index (χ3n) is 7.37. The van der Waals surface area contributed by atoms with Crippen LogP contribution in [0.5, 0.6) is 0 Å². The number of amides is 1. The van der Waals surface area contributed by atoms with Crippen molar-refractivity contribution in [1.82, 2.24) is 24.6 Å². The van der Waals surface area contributed by atoms with Crippen LogP contribution < -0.4 is 4.90 Å². The van der Waals surface area contributed by atoms with Gasteiger partial charge in [-0.2, -0.15) is 10.1 Å². The van der Waals surface area contributed by atoms with Gasteiger partial charge in [-0.3, -0.25) is 9.58 Å². The quantitative estimate of drug-likeness (QED) is 0.186. The zero-order valence-electron chi connectivity index (χ0n) is 22.8. The molecule has 40 heavy (non-hydrogen) atoms. The number of carbonyl (C=O) groups excluding carboxylic acids is 1. The number of ether oxygens (including phenoxy) is 2. The lowest BCUT2D eigenvalue weighted by molar-refractivity contribution is 0.0123. The second kappa shape index (κ2) is 10.8. The highest BCUT2D eigenvalue weighted by molar-refractivity contribution is 9.10. The fourth-order valence-corrected chi connectivity index (χ4v) is 6.41. The molecule has 2 atom stereocenters. The summed E-state index contributed by atoms with van der Waals surface area (Å²) in [6.45, 7) is 8.70. The minimum Gasteiger partial charge on any atom is -0.444 e. The van der Waals surface area contributed by atoms with Gasteiger partial charge in [0.15, 0.2) is 0 Å². The highest BCUT2D eigenvalue weighted by Gasteiger charge is 2.45. The van der Waals surface area contributed by atoms with Crippen LogP contribution in [0.4, 0.5) is 10.6 Å². The first-order valence-electron chi connectivity index (χ1n) is 13.6. The summed E-state index contributed by atoms with van der Waals surface area (Å²) in [7, 11) is 0. The van der Waals surface area contributed by atoms with Crippen LogP contribution in [-0.2, 0) is 22.6 Å². The molecule has 2 aromatic carbocycles. The van der Waals surface area contributed by atoms with Gasteiger partial charge >= 0.3 is 6.09 Å². The number of hydrogen-bond acceptors (Lipinski definition) is 7. The predicted molar refractivity (Wildman–Crippen MR) is 159 cm³/mol. The Morgan fingerprint density at radius 3 is 2.55 bits per heavy atom. The number of carbonyl (C=O) groups is 1. The number of fused-ring (bicyclic) bond motifs is 5. The number of rotatable bonds is 6. The van der Waals surface area contributed by atoms with Gasteiger partial charge in [-0.25, -0.2) is 9.78 Å². The summed E-state index contributed by atoms with van der Waals surface area (Å²) in [5, 5.41) is 6.88. The van der Waals surface area contributed by atoms with E-state index in [0.29, 0.717) is 32.8 Å². The number of hydrogen-bond donors (Lipinski definition) is 0. The second-order valence-corrected chi connectivity index (χ2v) is 12.6. The first kappa shape index (κ1) is 27.2. The van der Waals surface area contributed by atoms with Crippen molar-refractivity contribution in [2.75, 3.05) is 24.6 Å². The van der Waals surface area contributed by atoms with Gasteiger partial charge in [-0.1, -0.05) is 30.3 Å². The van der Waals surface area contributed by atoms with Gasteiger partial charge in [0.05, 0.1) is 42.7 Å². The van der Waals surface area contributed by atoms with Crippen LogP contribution >= 0.6 is 27.5 Å². The summed E-state index contributed by atoms with van der Waals surface area (Å²) in [6, 6.07) is 12.2. The fourth-order valence-electron chi connectivity index (χ4n) is 5.72. The first-order chi connectivity index (χ1) is 19.2. The molecule has 0 saturated carbocycles. The summed E-state index contributed by atoms with van der Waals surface area (Å²) in [5.74, 6) is 0.771. The van der Waals surface area contributed by atoms with E-state index in [2.05, 4.69) is 37.9 Å². The lowest BCUT2D eigenvalue weighted by Gasteiger charge is -2.42. The van der Waals surface area contributed by atoms with Gasteiger partial charge in [0, 0.05) is 29.1 Å². The summed E-state index contributed by atoms with van der Waals surface area (Å²) in [6.07, 6.45) is 3.64. The Labute approximate surface area is 246 Å². The van der Waals surface area contributed by atoms with Crippen LogP contribution in [0.15, 0.2) is 47.1 Å². The molecule has 4 aromatic rings. The Morgan fingerprint density at radius 1 is 1.12 bits per heavy atom. The molecule has 0 unspecified atom stereocenters. The highest BCUT2D eigenvalue weighted by atomic mass is 79.9. The van der Waals surface area contributed by atoms with Crippen molar-refractivity contribution in [2.24, 2.45) is 0 Å². The summed E-state index contributed by atoms with van der Waals surface area (Å²) >= 11 is 10.1. The lowest BCUT2D eigenvalue weighted by atomic mass is 10.1. The predicted octanol–water partition coefficient (Wildman–Crippen LogP) is 6.20. The first-order valence-corrected chi connectivity index (χ1v) is 14.7. The average molecular weight is 628 g/mol. The minimum absolute atomic E-state index is 0.0489. The van der Waals surface area contributed by atoms with Crippen molar-refractivity contribution in [3.05, 3.63) is 57.9 Å². The van der Waals surface area contributed by atoms with Crippen LogP contribution in [-0.4, -0.2) is 68.1 Å². The van der Waals surface area contributed by atoms with Crippen molar-refractivity contribution in [3.63, 3.8) is 0 Å². The molecule has 2 bridgehead atoms. The van der Waals surface area contributed by atoms with Crippen LogP contribution in [0.1, 0.15) is 39.2 Å². The van der Waals surface area contributed by atoms with Crippen LogP contribution in [0.2, 0.25) is 5.28 Å². The molecule has 2 saturated heterocycles. The average Bonchev–Trinajstić information content (AvgIpc) is 3.44. The minimum atomic E-state index is -0.532. The van der Waals surface area contributed by atoms with Gasteiger partial charge in [0.1, 0.15) is 16.9 Å². The molecule has 2 aliphatic rings. The number of aromatic nitrogens is 4. The van der Waals surface area contributed by atoms with Gasteiger partial charge < -0.3 is 14.4 Å². The monoisotopic (exact) mass is 626 g/mol. The lowest BCUT2D eigenvalue weighted by Crippen LogP contribution is -2.57. The zero-order valence-corrected chi connectivity index (χ0v) is 25.2. The summed E-state index contributed by atoms with van der Waals surface area (Å²) < 4.78 is 14.4. The molecular weight excluding hydrogens is 596 g/mol. The van der Waals surface area contributed by atoms with Crippen LogP contribution in [0, 0.1) is 0 Å². The largest absolute Gasteiger partial charge is 0.444 e. The van der Waals surface area contributed by atoms with E-state index in [1.165, 1.54) is 0 Å². The van der Waals surface area contributed by atoms with E-state index in [9.17, 15) is 4.79 Å². The van der Waals surface area contributed by atoms with Gasteiger partial charge in [0.25, 0.3) is 0 Å². The SMILES string of the molecule is CC(C)(C)OC(=O)N1[C@@H]2CC[C@H]1CN(c1nc(Cl)nc3cc(Br)c4nn(CCOCc5ccccc5)cc4c13)C2. The maximum atomic E-state index is 13.0. The molecule has 0 spiro atoms. The summed E-state index contributed by atoms with van der Waals surface area (Å²) in [4.78, 5) is 26.4. The van der Waals surface area contributed by atoms with Gasteiger partial charge in [-0.05, 0) is 72.8 Å². The standard InChI is InChI=1S/C29H32BrClN6O3/c1-29(2,3)40-28(38)37-19-9-10-20(37)15-35(14-19)26-24-21-16-36(11-12-39-17-18-7-5-4-6-8-18)34-25(21)22(30)13-23(24)32-27(31)33-26/h4-8,13,16,19-20H,9-12,14-15,17H2,1-3H3/t19-,20+. The molecule has 6 rings (SSSR count). The van der Waals surface area contributed by atoms with Crippen molar-refractivity contribution in [1.29, 1.82) is 0 Å². The Kier molecular flexibility index (Phi) is 7.35. The van der Waals surface area contributed by atoms with Crippen molar-refractivity contribution in [3.8, 4) is 0 Å². The molecule has 2 fully saturated rings. The topological polar surface area (TPSA) is 85.6 Å². The number of halogens is 2. The molecule has 0 N–H and O–H groups in total. The fraction of sp³-hybridized carbons (Fsp3) is 0.448. The maximum absolute atomic E-state index is 13.0. The number of benzene rings is 2. The molecule has 0 aliphatic carbocycles. The third kappa shape index (κ3) is 5.49. The van der Waals surface area contributed by atoms with E-state index in [4.69, 9.17) is 31.2 Å². The van der Waals surface area contributed by atoms with Crippen molar-refractivity contribution < 1.29 is 14.3 Å². The van der Waals surface area contributed by atoms with E-state index in [1.807, 2.05) is 60.8 Å². The number of anilines is 1.